The van der Waals surface area contributed by atoms with Gasteiger partial charge in [-0.1, -0.05) is 13.8 Å². The van der Waals surface area contributed by atoms with E-state index in [2.05, 4.69) is 19.2 Å². The predicted octanol–water partition coefficient (Wildman–Crippen LogP) is 3.31. The average molecular weight is 259 g/mol. The Hall–Kier alpha value is -2.09. The molecule has 0 bridgehead atoms. The molecule has 1 aromatic rings. The van der Waals surface area contributed by atoms with Gasteiger partial charge in [-0.05, 0) is 36.8 Å². The highest BCUT2D eigenvalue weighted by atomic mass is 16.6. The fourth-order valence-electron chi connectivity index (χ4n) is 2.66. The van der Waals surface area contributed by atoms with Crippen molar-refractivity contribution < 1.29 is 4.92 Å². The van der Waals surface area contributed by atoms with Crippen LogP contribution in [-0.2, 0) is 0 Å². The van der Waals surface area contributed by atoms with Crippen molar-refractivity contribution in [3.63, 3.8) is 0 Å². The van der Waals surface area contributed by atoms with E-state index in [-0.39, 0.29) is 11.3 Å². The van der Waals surface area contributed by atoms with Crippen molar-refractivity contribution in [2.75, 3.05) is 5.32 Å². The van der Waals surface area contributed by atoms with Crippen molar-refractivity contribution in [1.29, 1.82) is 5.26 Å². The van der Waals surface area contributed by atoms with Crippen molar-refractivity contribution in [2.24, 2.45) is 11.8 Å². The lowest BCUT2D eigenvalue weighted by Crippen LogP contribution is -2.24. The van der Waals surface area contributed by atoms with Gasteiger partial charge in [0.15, 0.2) is 0 Å². The summed E-state index contributed by atoms with van der Waals surface area (Å²) >= 11 is 0. The molecule has 3 unspecified atom stereocenters. The monoisotopic (exact) mass is 259 g/mol. The molecule has 100 valence electrons. The van der Waals surface area contributed by atoms with Crippen LogP contribution in [0.1, 0.15) is 32.3 Å². The first-order valence-electron chi connectivity index (χ1n) is 6.48. The van der Waals surface area contributed by atoms with Crippen LogP contribution in [0.2, 0.25) is 0 Å². The van der Waals surface area contributed by atoms with Crippen LogP contribution in [0.4, 0.5) is 11.4 Å². The number of nitriles is 1. The van der Waals surface area contributed by atoms with Gasteiger partial charge in [0.25, 0.3) is 5.69 Å². The number of nitro groups is 1. The molecule has 5 nitrogen and oxygen atoms in total. The highest BCUT2D eigenvalue weighted by molar-refractivity contribution is 5.59. The summed E-state index contributed by atoms with van der Waals surface area (Å²) in [4.78, 5) is 10.2. The summed E-state index contributed by atoms with van der Waals surface area (Å²) in [7, 11) is 0. The van der Waals surface area contributed by atoms with Crippen molar-refractivity contribution in [1.82, 2.24) is 0 Å². The van der Waals surface area contributed by atoms with Crippen LogP contribution in [-0.4, -0.2) is 11.0 Å². The maximum atomic E-state index is 10.8. The SMILES string of the molecule is CC1CCC(Nc2ccc([N+](=O)[O-])c(C#N)c2)C1C. The van der Waals surface area contributed by atoms with Gasteiger partial charge in [0.1, 0.15) is 11.6 Å². The standard InChI is InChI=1S/C14H17N3O2/c1-9-3-5-13(10(9)2)16-12-4-6-14(17(18)19)11(7-12)8-15/h4,6-7,9-10,13,16H,3,5H2,1-2H3. The fourth-order valence-corrected chi connectivity index (χ4v) is 2.66. The number of benzene rings is 1. The molecule has 3 atom stereocenters. The topological polar surface area (TPSA) is 79.0 Å². The van der Waals surface area contributed by atoms with Crippen LogP contribution in [0, 0.1) is 33.3 Å². The van der Waals surface area contributed by atoms with E-state index < -0.39 is 4.92 Å². The lowest BCUT2D eigenvalue weighted by atomic mass is 9.97. The lowest BCUT2D eigenvalue weighted by Gasteiger charge is -2.20. The molecule has 2 rings (SSSR count). The maximum Gasteiger partial charge on any atom is 0.287 e. The molecule has 1 aromatic carbocycles. The summed E-state index contributed by atoms with van der Waals surface area (Å²) < 4.78 is 0. The van der Waals surface area contributed by atoms with Gasteiger partial charge in [-0.3, -0.25) is 10.1 Å². The van der Waals surface area contributed by atoms with Gasteiger partial charge in [0.2, 0.25) is 0 Å². The van der Waals surface area contributed by atoms with E-state index in [1.807, 2.05) is 6.07 Å². The zero-order chi connectivity index (χ0) is 14.0. The molecule has 0 amide bonds. The Balaban J connectivity index is 2.19. The fraction of sp³-hybridized carbons (Fsp3) is 0.500. The number of nitro benzene ring substituents is 1. The molecule has 0 heterocycles. The van der Waals surface area contributed by atoms with Crippen LogP contribution in [0.3, 0.4) is 0 Å². The van der Waals surface area contributed by atoms with E-state index in [0.29, 0.717) is 17.9 Å². The first-order chi connectivity index (χ1) is 9.02. The molecule has 0 spiro atoms. The molecular weight excluding hydrogens is 242 g/mol. The number of hydrogen-bond donors (Lipinski definition) is 1. The Morgan fingerprint density at radius 2 is 2.16 bits per heavy atom. The van der Waals surface area contributed by atoms with E-state index in [0.717, 1.165) is 12.1 Å². The molecule has 1 N–H and O–H groups in total. The van der Waals surface area contributed by atoms with E-state index in [9.17, 15) is 10.1 Å². The van der Waals surface area contributed by atoms with Crippen molar-refractivity contribution >= 4 is 11.4 Å². The molecule has 0 radical (unpaired) electrons. The van der Waals surface area contributed by atoms with Crippen LogP contribution < -0.4 is 5.32 Å². The molecule has 0 saturated heterocycles. The van der Waals surface area contributed by atoms with Gasteiger partial charge in [-0.25, -0.2) is 0 Å². The summed E-state index contributed by atoms with van der Waals surface area (Å²) in [6.45, 7) is 4.45. The van der Waals surface area contributed by atoms with Crippen molar-refractivity contribution in [2.45, 2.75) is 32.7 Å². The molecule has 0 aromatic heterocycles. The largest absolute Gasteiger partial charge is 0.382 e. The first kappa shape index (κ1) is 13.3. The second-order valence-corrected chi connectivity index (χ2v) is 5.27. The van der Waals surface area contributed by atoms with Crippen molar-refractivity contribution in [3.8, 4) is 6.07 Å². The Morgan fingerprint density at radius 3 is 2.68 bits per heavy atom. The Kier molecular flexibility index (Phi) is 3.70. The third-order valence-electron chi connectivity index (χ3n) is 4.13. The number of nitrogens with one attached hydrogen (secondary N) is 1. The van der Waals surface area contributed by atoms with Gasteiger partial charge in [0, 0.05) is 17.8 Å². The van der Waals surface area contributed by atoms with Gasteiger partial charge in [0.05, 0.1) is 4.92 Å². The van der Waals surface area contributed by atoms with Crippen LogP contribution in [0.25, 0.3) is 0 Å². The summed E-state index contributed by atoms with van der Waals surface area (Å²) in [6.07, 6.45) is 2.29. The van der Waals surface area contributed by atoms with Crippen LogP contribution >= 0.6 is 0 Å². The average Bonchev–Trinajstić information content (AvgIpc) is 2.70. The van der Waals surface area contributed by atoms with E-state index in [1.165, 1.54) is 12.5 Å². The minimum absolute atomic E-state index is 0.105. The molecule has 1 aliphatic rings. The Labute approximate surface area is 112 Å². The molecule has 5 heteroatoms. The lowest BCUT2D eigenvalue weighted by molar-refractivity contribution is -0.385. The van der Waals surface area contributed by atoms with Gasteiger partial charge in [-0.2, -0.15) is 5.26 Å². The zero-order valence-electron chi connectivity index (χ0n) is 11.1. The Bertz CT molecular complexity index is 536. The number of anilines is 1. The summed E-state index contributed by atoms with van der Waals surface area (Å²) in [5, 5.41) is 23.1. The van der Waals surface area contributed by atoms with E-state index in [1.54, 1.807) is 12.1 Å². The van der Waals surface area contributed by atoms with E-state index in [4.69, 9.17) is 5.26 Å². The second kappa shape index (κ2) is 5.27. The van der Waals surface area contributed by atoms with Gasteiger partial charge < -0.3 is 5.32 Å². The minimum atomic E-state index is -0.525. The first-order valence-corrected chi connectivity index (χ1v) is 6.48. The molecule has 0 aliphatic heterocycles. The highest BCUT2D eigenvalue weighted by Crippen LogP contribution is 2.33. The quantitative estimate of drug-likeness (QED) is 0.667. The van der Waals surface area contributed by atoms with Crippen molar-refractivity contribution in [3.05, 3.63) is 33.9 Å². The van der Waals surface area contributed by atoms with Crippen LogP contribution in [0.15, 0.2) is 18.2 Å². The molecule has 1 saturated carbocycles. The second-order valence-electron chi connectivity index (χ2n) is 5.27. The summed E-state index contributed by atoms with van der Waals surface area (Å²) in [5.74, 6) is 1.26. The summed E-state index contributed by atoms with van der Waals surface area (Å²) in [5.41, 5.74) is 0.752. The van der Waals surface area contributed by atoms with E-state index >= 15 is 0 Å². The van der Waals surface area contributed by atoms with Crippen LogP contribution in [0.5, 0.6) is 0 Å². The number of rotatable bonds is 3. The molecule has 1 fully saturated rings. The molecule has 1 aliphatic carbocycles. The maximum absolute atomic E-state index is 10.8. The Morgan fingerprint density at radius 1 is 1.42 bits per heavy atom. The van der Waals surface area contributed by atoms with Gasteiger partial charge in [-0.15, -0.1) is 0 Å². The zero-order valence-corrected chi connectivity index (χ0v) is 11.1. The number of nitrogens with zero attached hydrogens (tertiary/aromatic N) is 2. The predicted molar refractivity (Wildman–Crippen MR) is 72.8 cm³/mol. The highest BCUT2D eigenvalue weighted by Gasteiger charge is 2.29. The number of hydrogen-bond acceptors (Lipinski definition) is 4. The summed E-state index contributed by atoms with van der Waals surface area (Å²) in [6, 6.07) is 6.89. The third kappa shape index (κ3) is 2.68. The molecule has 19 heavy (non-hydrogen) atoms. The minimum Gasteiger partial charge on any atom is -0.382 e. The molecular formula is C14H17N3O2. The normalized spacial score (nSPS) is 25.8. The third-order valence-corrected chi connectivity index (χ3v) is 4.13. The van der Waals surface area contributed by atoms with Gasteiger partial charge >= 0.3 is 0 Å². The smallest absolute Gasteiger partial charge is 0.287 e.